The largest absolute Gasteiger partial charge is 0.468 e. The third kappa shape index (κ3) is 3.76. The van der Waals surface area contributed by atoms with Crippen molar-refractivity contribution in [2.45, 2.75) is 37.6 Å². The van der Waals surface area contributed by atoms with Crippen molar-refractivity contribution in [3.05, 3.63) is 0 Å². The first-order valence-corrected chi connectivity index (χ1v) is 6.42. The van der Waals surface area contributed by atoms with Crippen LogP contribution in [0.5, 0.6) is 0 Å². The van der Waals surface area contributed by atoms with E-state index in [-0.39, 0.29) is 10.8 Å². The fraction of sp³-hybridized carbons (Fsp3) is 0.909. The summed E-state index contributed by atoms with van der Waals surface area (Å²) in [6.45, 7) is 6.32. The number of hydrogen-bond acceptors (Lipinski definition) is 3. The van der Waals surface area contributed by atoms with Gasteiger partial charge in [-0.2, -0.15) is 0 Å². The predicted octanol–water partition coefficient (Wildman–Crippen LogP) is 2.04. The average Bonchev–Trinajstić information content (AvgIpc) is 2.22. The monoisotopic (exact) mass is 277 g/mol. The van der Waals surface area contributed by atoms with E-state index in [1.54, 1.807) is 0 Å². The van der Waals surface area contributed by atoms with Gasteiger partial charge in [0.05, 0.1) is 7.11 Å². The zero-order valence-corrected chi connectivity index (χ0v) is 11.3. The average molecular weight is 278 g/mol. The summed E-state index contributed by atoms with van der Waals surface area (Å²) in [4.78, 5) is 13.4. The molecule has 0 bridgehead atoms. The topological polar surface area (TPSA) is 29.5 Å². The summed E-state index contributed by atoms with van der Waals surface area (Å²) in [7, 11) is 1.43. The number of alkyl halides is 1. The molecule has 0 aromatic carbocycles. The van der Waals surface area contributed by atoms with E-state index in [0.717, 1.165) is 19.0 Å². The Hall–Kier alpha value is -0.0900. The van der Waals surface area contributed by atoms with Crippen molar-refractivity contribution in [3.8, 4) is 0 Å². The van der Waals surface area contributed by atoms with Crippen LogP contribution < -0.4 is 0 Å². The summed E-state index contributed by atoms with van der Waals surface area (Å²) < 4.78 is 4.70. The smallest absolute Gasteiger partial charge is 0.320 e. The minimum atomic E-state index is -0.199. The Morgan fingerprint density at radius 1 is 1.53 bits per heavy atom. The molecular formula is C11H20BrNO2. The number of carbonyl (C=O) groups excluding carboxylic acids is 1. The van der Waals surface area contributed by atoms with Gasteiger partial charge in [-0.05, 0) is 25.7 Å². The van der Waals surface area contributed by atoms with Crippen LogP contribution in [-0.4, -0.2) is 41.9 Å². The Labute approximate surface area is 100 Å². The lowest BCUT2D eigenvalue weighted by Crippen LogP contribution is -2.45. The first kappa shape index (κ1) is 13.0. The summed E-state index contributed by atoms with van der Waals surface area (Å²) >= 11 is 3.37. The first-order chi connectivity index (χ1) is 7.04. The lowest BCUT2D eigenvalue weighted by atomic mass is 9.95. The highest BCUT2D eigenvalue weighted by molar-refractivity contribution is 9.10. The number of carbonyl (C=O) groups is 1. The van der Waals surface area contributed by atoms with Gasteiger partial charge in [0.15, 0.2) is 0 Å². The maximum Gasteiger partial charge on any atom is 0.320 e. The number of ether oxygens (including phenoxy) is 1. The maximum absolute atomic E-state index is 11.3. The summed E-state index contributed by atoms with van der Waals surface area (Å²) in [5.41, 5.74) is 0. The molecule has 4 heteroatoms. The van der Waals surface area contributed by atoms with E-state index in [9.17, 15) is 4.79 Å². The number of esters is 1. The van der Waals surface area contributed by atoms with Gasteiger partial charge in [0.1, 0.15) is 4.83 Å². The predicted molar refractivity (Wildman–Crippen MR) is 64.2 cm³/mol. The van der Waals surface area contributed by atoms with Crippen molar-refractivity contribution in [2.24, 2.45) is 5.92 Å². The molecule has 0 saturated carbocycles. The van der Waals surface area contributed by atoms with Gasteiger partial charge in [-0.1, -0.05) is 22.9 Å². The van der Waals surface area contributed by atoms with E-state index in [1.807, 2.05) is 0 Å². The summed E-state index contributed by atoms with van der Waals surface area (Å²) in [6.07, 6.45) is 2.52. The highest BCUT2D eigenvalue weighted by Gasteiger charge is 2.27. The van der Waals surface area contributed by atoms with E-state index in [2.05, 4.69) is 34.7 Å². The zero-order chi connectivity index (χ0) is 11.4. The zero-order valence-electron chi connectivity index (χ0n) is 9.70. The number of rotatable bonds is 3. The lowest BCUT2D eigenvalue weighted by molar-refractivity contribution is -0.140. The number of nitrogens with zero attached hydrogens (tertiary/aromatic N) is 1. The second-order valence-corrected chi connectivity index (χ2v) is 5.58. The maximum atomic E-state index is 11.3. The SMILES string of the molecule is COC(=O)C(Br)CN1CC(C)CCC1C. The summed E-state index contributed by atoms with van der Waals surface area (Å²) in [5, 5.41) is 0. The van der Waals surface area contributed by atoms with Crippen molar-refractivity contribution < 1.29 is 9.53 Å². The molecule has 3 atom stereocenters. The van der Waals surface area contributed by atoms with Gasteiger partial charge < -0.3 is 4.74 Å². The third-order valence-corrected chi connectivity index (χ3v) is 3.76. The molecule has 3 nitrogen and oxygen atoms in total. The van der Waals surface area contributed by atoms with E-state index < -0.39 is 0 Å². The summed E-state index contributed by atoms with van der Waals surface area (Å²) in [5.74, 6) is 0.555. The van der Waals surface area contributed by atoms with Crippen molar-refractivity contribution in [1.82, 2.24) is 4.90 Å². The second kappa shape index (κ2) is 5.85. The van der Waals surface area contributed by atoms with Crippen LogP contribution in [-0.2, 0) is 9.53 Å². The van der Waals surface area contributed by atoms with E-state index in [0.29, 0.717) is 6.04 Å². The van der Waals surface area contributed by atoms with E-state index in [1.165, 1.54) is 20.0 Å². The van der Waals surface area contributed by atoms with Crippen LogP contribution >= 0.6 is 15.9 Å². The van der Waals surface area contributed by atoms with Crippen LogP contribution in [0.3, 0.4) is 0 Å². The molecule has 1 saturated heterocycles. The standard InChI is InChI=1S/C11H20BrNO2/c1-8-4-5-9(2)13(6-8)7-10(12)11(14)15-3/h8-10H,4-7H2,1-3H3. The van der Waals surface area contributed by atoms with Gasteiger partial charge in [-0.3, -0.25) is 9.69 Å². The molecule has 88 valence electrons. The van der Waals surface area contributed by atoms with Crippen LogP contribution in [0, 0.1) is 5.92 Å². The number of hydrogen-bond donors (Lipinski definition) is 0. The van der Waals surface area contributed by atoms with Crippen LogP contribution in [0.25, 0.3) is 0 Å². The molecule has 0 aromatic rings. The van der Waals surface area contributed by atoms with Gasteiger partial charge in [-0.25, -0.2) is 0 Å². The minimum absolute atomic E-state index is 0.180. The lowest BCUT2D eigenvalue weighted by Gasteiger charge is -2.37. The van der Waals surface area contributed by atoms with Crippen molar-refractivity contribution in [2.75, 3.05) is 20.2 Å². The second-order valence-electron chi connectivity index (χ2n) is 4.48. The molecule has 0 amide bonds. The highest BCUT2D eigenvalue weighted by atomic mass is 79.9. The van der Waals surface area contributed by atoms with Gasteiger partial charge in [0.2, 0.25) is 0 Å². The Morgan fingerprint density at radius 3 is 2.80 bits per heavy atom. The molecule has 0 spiro atoms. The van der Waals surface area contributed by atoms with Crippen molar-refractivity contribution in [3.63, 3.8) is 0 Å². The third-order valence-electron chi connectivity index (χ3n) is 3.10. The molecule has 3 unspecified atom stereocenters. The Morgan fingerprint density at radius 2 is 2.20 bits per heavy atom. The molecule has 1 fully saturated rings. The molecule has 0 aliphatic carbocycles. The van der Waals surface area contributed by atoms with Gasteiger partial charge in [-0.15, -0.1) is 0 Å². The molecule has 1 heterocycles. The molecule has 0 radical (unpaired) electrons. The molecule has 1 rings (SSSR count). The molecular weight excluding hydrogens is 258 g/mol. The summed E-state index contributed by atoms with van der Waals surface area (Å²) in [6, 6.07) is 0.575. The fourth-order valence-electron chi connectivity index (χ4n) is 2.04. The quantitative estimate of drug-likeness (QED) is 0.584. The van der Waals surface area contributed by atoms with E-state index >= 15 is 0 Å². The van der Waals surface area contributed by atoms with Crippen molar-refractivity contribution >= 4 is 21.9 Å². The number of methoxy groups -OCH3 is 1. The number of piperidine rings is 1. The van der Waals surface area contributed by atoms with Crippen molar-refractivity contribution in [1.29, 1.82) is 0 Å². The van der Waals surface area contributed by atoms with Gasteiger partial charge in [0.25, 0.3) is 0 Å². The van der Waals surface area contributed by atoms with Crippen LogP contribution in [0.1, 0.15) is 26.7 Å². The minimum Gasteiger partial charge on any atom is -0.468 e. The number of likely N-dealkylation sites (tertiary alicyclic amines) is 1. The highest BCUT2D eigenvalue weighted by Crippen LogP contribution is 2.22. The molecule has 15 heavy (non-hydrogen) atoms. The normalized spacial score (nSPS) is 29.9. The number of halogens is 1. The molecule has 1 aliphatic heterocycles. The molecule has 0 aromatic heterocycles. The van der Waals surface area contributed by atoms with Crippen LogP contribution in [0.15, 0.2) is 0 Å². The van der Waals surface area contributed by atoms with Gasteiger partial charge >= 0.3 is 5.97 Å². The molecule has 1 aliphatic rings. The first-order valence-electron chi connectivity index (χ1n) is 5.50. The van der Waals surface area contributed by atoms with E-state index in [4.69, 9.17) is 4.74 Å². The Kier molecular flexibility index (Phi) is 5.06. The fourth-order valence-corrected chi connectivity index (χ4v) is 2.60. The molecule has 0 N–H and O–H groups in total. The Bertz CT molecular complexity index is 223. The van der Waals surface area contributed by atoms with Crippen LogP contribution in [0.4, 0.5) is 0 Å². The van der Waals surface area contributed by atoms with Crippen LogP contribution in [0.2, 0.25) is 0 Å². The van der Waals surface area contributed by atoms with Gasteiger partial charge in [0, 0.05) is 19.1 Å². The Balaban J connectivity index is 2.45.